The van der Waals surface area contributed by atoms with Crippen LogP contribution in [0.3, 0.4) is 0 Å². The van der Waals surface area contributed by atoms with Gasteiger partial charge >= 0.3 is 6.09 Å². The van der Waals surface area contributed by atoms with Crippen molar-refractivity contribution in [1.29, 1.82) is 0 Å². The van der Waals surface area contributed by atoms with Crippen molar-refractivity contribution in [2.24, 2.45) is 5.92 Å². The van der Waals surface area contributed by atoms with E-state index in [1.54, 1.807) is 15.8 Å². The van der Waals surface area contributed by atoms with Crippen molar-refractivity contribution < 1.29 is 19.1 Å². The number of fused-ring (bicyclic) bond motifs is 1. The molecule has 2 aliphatic heterocycles. The van der Waals surface area contributed by atoms with E-state index in [0.717, 1.165) is 12.8 Å². The van der Waals surface area contributed by atoms with Crippen molar-refractivity contribution in [3.8, 4) is 11.8 Å². The number of hydrogen-bond donors (Lipinski definition) is 2. The fraction of sp³-hybridized carbons (Fsp3) is 0.640. The van der Waals surface area contributed by atoms with Gasteiger partial charge in [-0.25, -0.2) is 19.7 Å². The van der Waals surface area contributed by atoms with Gasteiger partial charge in [0.1, 0.15) is 23.4 Å². The highest BCUT2D eigenvalue weighted by Crippen LogP contribution is 2.31. The third kappa shape index (κ3) is 6.05. The van der Waals surface area contributed by atoms with E-state index in [2.05, 4.69) is 32.1 Å². The number of anilines is 1. The number of carbonyl (C=O) groups is 2. The quantitative estimate of drug-likeness (QED) is 0.615. The number of aromatic nitrogens is 4. The number of nitrogen functional groups attached to an aromatic ring is 1. The van der Waals surface area contributed by atoms with Gasteiger partial charge in [-0.1, -0.05) is 5.92 Å². The molecule has 194 valence electrons. The average Bonchev–Trinajstić information content (AvgIpc) is 3.46. The molecule has 11 heteroatoms. The van der Waals surface area contributed by atoms with Crippen LogP contribution in [-0.2, 0) is 14.3 Å². The molecule has 2 aliphatic rings. The Labute approximate surface area is 211 Å². The molecule has 11 nitrogen and oxygen atoms in total. The van der Waals surface area contributed by atoms with Gasteiger partial charge in [-0.3, -0.25) is 9.36 Å². The number of rotatable bonds is 4. The summed E-state index contributed by atoms with van der Waals surface area (Å²) in [5.74, 6) is 7.08. The van der Waals surface area contributed by atoms with Crippen LogP contribution in [0.25, 0.3) is 11.2 Å². The molecule has 0 spiro atoms. The van der Waals surface area contributed by atoms with E-state index in [0.29, 0.717) is 61.8 Å². The van der Waals surface area contributed by atoms with Crippen molar-refractivity contribution in [3.63, 3.8) is 0 Å². The molecular weight excluding hydrogens is 462 g/mol. The maximum atomic E-state index is 12.3. The van der Waals surface area contributed by atoms with Crippen LogP contribution in [-0.4, -0.2) is 67.8 Å². The number of imidazole rings is 1. The summed E-state index contributed by atoms with van der Waals surface area (Å²) in [5.41, 5.74) is 6.67. The predicted octanol–water partition coefficient (Wildman–Crippen LogP) is 2.61. The second-order valence-electron chi connectivity index (χ2n) is 10.2. The number of carbonyl (C=O) groups excluding carboxylic acids is 2. The number of nitrogens with zero attached hydrogens (tertiary/aromatic N) is 5. The molecule has 0 aromatic carbocycles. The zero-order chi connectivity index (χ0) is 25.9. The highest BCUT2D eigenvalue weighted by atomic mass is 16.6. The third-order valence-corrected chi connectivity index (χ3v) is 6.26. The van der Waals surface area contributed by atoms with E-state index in [1.165, 1.54) is 0 Å². The van der Waals surface area contributed by atoms with Crippen LogP contribution in [0.2, 0.25) is 0 Å². The van der Waals surface area contributed by atoms with E-state index >= 15 is 0 Å². The largest absolute Gasteiger partial charge is 0.444 e. The molecular formula is C25H35N7O4. The predicted molar refractivity (Wildman–Crippen MR) is 134 cm³/mol. The standard InChI is InChI=1S/C25H35N7O4/c1-5-27-23(33)17-9-10-19(35-17)32-15-28-20-21(26)29-18(30-22(20)32)8-6-7-16-11-13-31(14-12-16)24(34)36-25(2,3)4/h15-17,19H,5,7,9-14H2,1-4H3,(H,27,33)(H2,26,29,30). The first-order valence-corrected chi connectivity index (χ1v) is 12.5. The molecule has 3 N–H and O–H groups in total. The van der Waals surface area contributed by atoms with Crippen molar-refractivity contribution in [2.75, 3.05) is 25.4 Å². The SMILES string of the molecule is CCNC(=O)C1CCC(n2cnc3c(N)nc(C#CCC4CCN(C(=O)OC(C)(C)C)CC4)nc32)O1. The lowest BCUT2D eigenvalue weighted by Crippen LogP contribution is -2.41. The van der Waals surface area contributed by atoms with E-state index in [1.807, 2.05) is 27.7 Å². The molecule has 0 radical (unpaired) electrons. The first-order valence-electron chi connectivity index (χ1n) is 12.5. The Kier molecular flexibility index (Phi) is 7.64. The highest BCUT2D eigenvalue weighted by Gasteiger charge is 2.32. The van der Waals surface area contributed by atoms with Gasteiger partial charge in [0.05, 0.1) is 6.33 Å². The normalized spacial score (nSPS) is 20.7. The van der Waals surface area contributed by atoms with Crippen LogP contribution in [0.15, 0.2) is 6.33 Å². The molecule has 4 heterocycles. The molecule has 4 rings (SSSR count). The molecule has 2 saturated heterocycles. The van der Waals surface area contributed by atoms with E-state index in [9.17, 15) is 9.59 Å². The minimum atomic E-state index is -0.493. The van der Waals surface area contributed by atoms with Gasteiger partial charge in [0.2, 0.25) is 11.7 Å². The number of hydrogen-bond acceptors (Lipinski definition) is 8. The monoisotopic (exact) mass is 497 g/mol. The van der Waals surface area contributed by atoms with E-state index in [-0.39, 0.29) is 24.0 Å². The van der Waals surface area contributed by atoms with Gasteiger partial charge < -0.3 is 25.4 Å². The average molecular weight is 498 g/mol. The lowest BCUT2D eigenvalue weighted by molar-refractivity contribution is -0.133. The zero-order valence-electron chi connectivity index (χ0n) is 21.4. The summed E-state index contributed by atoms with van der Waals surface area (Å²) in [6.45, 7) is 9.37. The number of nitrogens with two attached hydrogens (primary N) is 1. The zero-order valence-corrected chi connectivity index (χ0v) is 21.4. The summed E-state index contributed by atoms with van der Waals surface area (Å²) in [5, 5.41) is 2.80. The van der Waals surface area contributed by atoms with Crippen LogP contribution < -0.4 is 11.1 Å². The van der Waals surface area contributed by atoms with Gasteiger partial charge in [0.15, 0.2) is 11.5 Å². The first kappa shape index (κ1) is 25.7. The Balaban J connectivity index is 1.38. The molecule has 2 aromatic rings. The summed E-state index contributed by atoms with van der Waals surface area (Å²) in [6, 6.07) is 0. The number of likely N-dealkylation sites (tertiary alicyclic amines) is 1. The minimum Gasteiger partial charge on any atom is -0.444 e. The molecule has 36 heavy (non-hydrogen) atoms. The Morgan fingerprint density at radius 1 is 1.22 bits per heavy atom. The van der Waals surface area contributed by atoms with Crippen molar-refractivity contribution >= 4 is 29.0 Å². The Morgan fingerprint density at radius 2 is 1.97 bits per heavy atom. The van der Waals surface area contributed by atoms with Crippen LogP contribution in [0, 0.1) is 17.8 Å². The maximum Gasteiger partial charge on any atom is 0.410 e. The number of ether oxygens (including phenoxy) is 2. The lowest BCUT2D eigenvalue weighted by Gasteiger charge is -2.32. The molecule has 0 bridgehead atoms. The fourth-order valence-electron chi connectivity index (χ4n) is 4.43. The molecule has 2 amide bonds. The van der Waals surface area contributed by atoms with Crippen LogP contribution in [0.1, 0.15) is 71.9 Å². The maximum absolute atomic E-state index is 12.3. The minimum absolute atomic E-state index is 0.109. The second-order valence-corrected chi connectivity index (χ2v) is 10.2. The Morgan fingerprint density at radius 3 is 2.67 bits per heavy atom. The summed E-state index contributed by atoms with van der Waals surface area (Å²) in [6.07, 6.45) is 4.22. The van der Waals surface area contributed by atoms with Crippen LogP contribution >= 0.6 is 0 Å². The van der Waals surface area contributed by atoms with E-state index < -0.39 is 11.7 Å². The summed E-state index contributed by atoms with van der Waals surface area (Å²) in [4.78, 5) is 39.4. The highest BCUT2D eigenvalue weighted by molar-refractivity contribution is 5.82. The van der Waals surface area contributed by atoms with Gasteiger partial charge in [-0.2, -0.15) is 0 Å². The molecule has 2 atom stereocenters. The van der Waals surface area contributed by atoms with Crippen molar-refractivity contribution in [1.82, 2.24) is 29.7 Å². The van der Waals surface area contributed by atoms with Gasteiger partial charge in [0.25, 0.3) is 0 Å². The lowest BCUT2D eigenvalue weighted by atomic mass is 9.94. The number of likely N-dealkylation sites (N-methyl/N-ethyl adjacent to an activating group) is 1. The summed E-state index contributed by atoms with van der Waals surface area (Å²) >= 11 is 0. The van der Waals surface area contributed by atoms with Crippen molar-refractivity contribution in [3.05, 3.63) is 12.2 Å². The number of nitrogens with one attached hydrogen (secondary N) is 1. The molecule has 0 saturated carbocycles. The first-order chi connectivity index (χ1) is 17.1. The summed E-state index contributed by atoms with van der Waals surface area (Å²) in [7, 11) is 0. The molecule has 2 unspecified atom stereocenters. The molecule has 0 aliphatic carbocycles. The molecule has 2 aromatic heterocycles. The fourth-order valence-corrected chi connectivity index (χ4v) is 4.43. The second kappa shape index (κ2) is 10.7. The Bertz CT molecular complexity index is 1170. The Hall–Kier alpha value is -3.39. The van der Waals surface area contributed by atoms with Gasteiger partial charge in [-0.15, -0.1) is 0 Å². The smallest absolute Gasteiger partial charge is 0.410 e. The summed E-state index contributed by atoms with van der Waals surface area (Å²) < 4.78 is 13.2. The van der Waals surface area contributed by atoms with Crippen LogP contribution in [0.4, 0.5) is 10.6 Å². The third-order valence-electron chi connectivity index (χ3n) is 6.26. The van der Waals surface area contributed by atoms with Crippen LogP contribution in [0.5, 0.6) is 0 Å². The number of amides is 2. The molecule has 2 fully saturated rings. The van der Waals surface area contributed by atoms with Gasteiger partial charge in [0, 0.05) is 26.1 Å². The van der Waals surface area contributed by atoms with Crippen molar-refractivity contribution in [2.45, 2.75) is 77.7 Å². The topological polar surface area (TPSA) is 137 Å². The number of piperidine rings is 1. The van der Waals surface area contributed by atoms with Gasteiger partial charge in [-0.05, 0) is 65.2 Å². The van der Waals surface area contributed by atoms with E-state index in [4.69, 9.17) is 15.2 Å².